The third kappa shape index (κ3) is 3.36. The topological polar surface area (TPSA) is 47.4 Å². The molecule has 0 bridgehead atoms. The molecule has 0 aliphatic rings. The fourth-order valence-corrected chi connectivity index (χ4v) is 1.44. The molecular weight excluding hydrogens is 194 g/mol. The van der Waals surface area contributed by atoms with Crippen molar-refractivity contribution >= 4 is 5.97 Å². The van der Waals surface area contributed by atoms with Gasteiger partial charge in [-0.2, -0.15) is 5.10 Å². The molecule has 0 fully saturated rings. The maximum Gasteiger partial charge on any atom is 0.319 e. The van der Waals surface area contributed by atoms with Crippen LogP contribution in [0.4, 0.5) is 0 Å². The van der Waals surface area contributed by atoms with Crippen molar-refractivity contribution in [3.8, 4) is 0 Å². The van der Waals surface area contributed by atoms with Crippen LogP contribution in [0.1, 0.15) is 11.3 Å². The predicted octanol–water partition coefficient (Wildman–Crippen LogP) is 0.333. The summed E-state index contributed by atoms with van der Waals surface area (Å²) in [5.74, 6) is -0.223. The summed E-state index contributed by atoms with van der Waals surface area (Å²) < 4.78 is 6.37. The minimum atomic E-state index is -0.223. The molecule has 1 aromatic heterocycles. The number of hydrogen-bond acceptors (Lipinski definition) is 4. The average Bonchev–Trinajstić information content (AvgIpc) is 2.44. The van der Waals surface area contributed by atoms with Crippen LogP contribution in [-0.2, 0) is 23.1 Å². The van der Waals surface area contributed by atoms with Gasteiger partial charge in [-0.15, -0.1) is 0 Å². The molecule has 5 heteroatoms. The molecule has 15 heavy (non-hydrogen) atoms. The molecule has 1 aromatic rings. The molecule has 0 amide bonds. The van der Waals surface area contributed by atoms with Gasteiger partial charge in [-0.1, -0.05) is 0 Å². The summed E-state index contributed by atoms with van der Waals surface area (Å²) in [5.41, 5.74) is 2.12. The molecule has 0 atom stereocenters. The SMILES string of the molecule is COC(=O)CN(C)Cc1cn(C)nc1C. The highest BCUT2D eigenvalue weighted by Crippen LogP contribution is 2.07. The van der Waals surface area contributed by atoms with Crippen molar-refractivity contribution in [2.45, 2.75) is 13.5 Å². The molecule has 0 radical (unpaired) electrons. The summed E-state index contributed by atoms with van der Waals surface area (Å²) in [6.07, 6.45) is 1.96. The van der Waals surface area contributed by atoms with Gasteiger partial charge in [0.15, 0.2) is 0 Å². The lowest BCUT2D eigenvalue weighted by molar-refractivity contribution is -0.141. The first-order chi connectivity index (χ1) is 7.02. The lowest BCUT2D eigenvalue weighted by atomic mass is 10.2. The molecular formula is C10H17N3O2. The van der Waals surface area contributed by atoms with Gasteiger partial charge < -0.3 is 4.74 Å². The van der Waals surface area contributed by atoms with Crippen LogP contribution >= 0.6 is 0 Å². The van der Waals surface area contributed by atoms with Gasteiger partial charge in [0.05, 0.1) is 19.3 Å². The van der Waals surface area contributed by atoms with Crippen LogP contribution in [0.3, 0.4) is 0 Å². The zero-order valence-electron chi connectivity index (χ0n) is 9.65. The molecule has 0 aliphatic heterocycles. The van der Waals surface area contributed by atoms with Crippen LogP contribution in [0, 0.1) is 6.92 Å². The average molecular weight is 211 g/mol. The minimum absolute atomic E-state index is 0.223. The summed E-state index contributed by atoms with van der Waals surface area (Å²) in [7, 11) is 5.16. The van der Waals surface area contributed by atoms with E-state index in [1.807, 2.05) is 32.1 Å². The van der Waals surface area contributed by atoms with Crippen molar-refractivity contribution in [3.05, 3.63) is 17.5 Å². The van der Waals surface area contributed by atoms with Gasteiger partial charge in [-0.3, -0.25) is 14.4 Å². The fourth-order valence-electron chi connectivity index (χ4n) is 1.44. The molecule has 0 spiro atoms. The van der Waals surface area contributed by atoms with Crippen LogP contribution in [0.2, 0.25) is 0 Å². The lowest BCUT2D eigenvalue weighted by Crippen LogP contribution is -2.26. The van der Waals surface area contributed by atoms with Crippen LogP contribution in [-0.4, -0.2) is 41.4 Å². The number of esters is 1. The molecule has 0 saturated heterocycles. The summed E-state index contributed by atoms with van der Waals surface area (Å²) in [6, 6.07) is 0. The van der Waals surface area contributed by atoms with E-state index in [0.29, 0.717) is 13.1 Å². The Kier molecular flexibility index (Phi) is 3.85. The number of nitrogens with zero attached hydrogens (tertiary/aromatic N) is 3. The van der Waals surface area contributed by atoms with Crippen molar-refractivity contribution in [1.82, 2.24) is 14.7 Å². The number of carbonyl (C=O) groups excluding carboxylic acids is 1. The van der Waals surface area contributed by atoms with Gasteiger partial charge in [-0.25, -0.2) is 0 Å². The van der Waals surface area contributed by atoms with Crippen molar-refractivity contribution in [2.24, 2.45) is 7.05 Å². The third-order valence-corrected chi connectivity index (χ3v) is 2.18. The number of rotatable bonds is 4. The second kappa shape index (κ2) is 4.93. The van der Waals surface area contributed by atoms with Gasteiger partial charge >= 0.3 is 5.97 Å². The van der Waals surface area contributed by atoms with E-state index in [1.54, 1.807) is 4.68 Å². The molecule has 1 rings (SSSR count). The van der Waals surface area contributed by atoms with Gasteiger partial charge in [0, 0.05) is 25.4 Å². The molecule has 5 nitrogen and oxygen atoms in total. The molecule has 1 heterocycles. The monoisotopic (exact) mass is 211 g/mol. The molecule has 0 aliphatic carbocycles. The Bertz CT molecular complexity index is 346. The highest BCUT2D eigenvalue weighted by Gasteiger charge is 2.09. The Hall–Kier alpha value is -1.36. The van der Waals surface area contributed by atoms with Crippen LogP contribution in [0.5, 0.6) is 0 Å². The largest absolute Gasteiger partial charge is 0.468 e. The standard InChI is InChI=1S/C10H17N3O2/c1-8-9(6-13(3)11-8)5-12(2)7-10(14)15-4/h6H,5,7H2,1-4H3. The smallest absolute Gasteiger partial charge is 0.319 e. The quantitative estimate of drug-likeness (QED) is 0.673. The molecule has 0 unspecified atom stereocenters. The zero-order valence-corrected chi connectivity index (χ0v) is 9.65. The fraction of sp³-hybridized carbons (Fsp3) is 0.600. The summed E-state index contributed by atoms with van der Waals surface area (Å²) in [5, 5.41) is 4.24. The Labute approximate surface area is 89.6 Å². The van der Waals surface area contributed by atoms with E-state index in [-0.39, 0.29) is 5.97 Å². The van der Waals surface area contributed by atoms with Crippen molar-refractivity contribution in [2.75, 3.05) is 20.7 Å². The van der Waals surface area contributed by atoms with Crippen molar-refractivity contribution < 1.29 is 9.53 Å². The van der Waals surface area contributed by atoms with Gasteiger partial charge in [0.2, 0.25) is 0 Å². The second-order valence-corrected chi connectivity index (χ2v) is 3.66. The van der Waals surface area contributed by atoms with Gasteiger partial charge in [0.1, 0.15) is 0 Å². The molecule has 0 aromatic carbocycles. The summed E-state index contributed by atoms with van der Waals surface area (Å²) in [6.45, 7) is 2.96. The van der Waals surface area contributed by atoms with E-state index in [4.69, 9.17) is 0 Å². The predicted molar refractivity (Wildman–Crippen MR) is 56.3 cm³/mol. The number of aryl methyl sites for hydroxylation is 2. The normalized spacial score (nSPS) is 10.7. The van der Waals surface area contributed by atoms with E-state index in [9.17, 15) is 4.79 Å². The maximum absolute atomic E-state index is 11.0. The molecule has 0 N–H and O–H groups in total. The number of likely N-dealkylation sites (N-methyl/N-ethyl adjacent to an activating group) is 1. The van der Waals surface area contributed by atoms with E-state index in [2.05, 4.69) is 9.84 Å². The highest BCUT2D eigenvalue weighted by molar-refractivity contribution is 5.71. The number of aromatic nitrogens is 2. The van der Waals surface area contributed by atoms with Gasteiger partial charge in [-0.05, 0) is 14.0 Å². The first-order valence-corrected chi connectivity index (χ1v) is 4.77. The number of ether oxygens (including phenoxy) is 1. The van der Waals surface area contributed by atoms with Crippen LogP contribution < -0.4 is 0 Å². The van der Waals surface area contributed by atoms with Crippen LogP contribution in [0.15, 0.2) is 6.20 Å². The maximum atomic E-state index is 11.0. The highest BCUT2D eigenvalue weighted by atomic mass is 16.5. The first-order valence-electron chi connectivity index (χ1n) is 4.77. The number of hydrogen-bond donors (Lipinski definition) is 0. The van der Waals surface area contributed by atoms with E-state index >= 15 is 0 Å². The Morgan fingerprint density at radius 3 is 2.80 bits per heavy atom. The second-order valence-electron chi connectivity index (χ2n) is 3.66. The van der Waals surface area contributed by atoms with Gasteiger partial charge in [0.25, 0.3) is 0 Å². The molecule has 84 valence electrons. The minimum Gasteiger partial charge on any atom is -0.468 e. The van der Waals surface area contributed by atoms with E-state index < -0.39 is 0 Å². The summed E-state index contributed by atoms with van der Waals surface area (Å²) in [4.78, 5) is 12.9. The Morgan fingerprint density at radius 2 is 2.33 bits per heavy atom. The first kappa shape index (κ1) is 11.7. The van der Waals surface area contributed by atoms with E-state index in [1.165, 1.54) is 7.11 Å². The van der Waals surface area contributed by atoms with E-state index in [0.717, 1.165) is 11.3 Å². The summed E-state index contributed by atoms with van der Waals surface area (Å²) >= 11 is 0. The number of carbonyl (C=O) groups is 1. The zero-order chi connectivity index (χ0) is 11.4. The van der Waals surface area contributed by atoms with Crippen LogP contribution in [0.25, 0.3) is 0 Å². The van der Waals surface area contributed by atoms with Crippen molar-refractivity contribution in [1.29, 1.82) is 0 Å². The molecule has 0 saturated carbocycles. The Morgan fingerprint density at radius 1 is 1.67 bits per heavy atom. The Balaban J connectivity index is 2.54. The van der Waals surface area contributed by atoms with Crippen molar-refractivity contribution in [3.63, 3.8) is 0 Å². The number of methoxy groups -OCH3 is 1. The lowest BCUT2D eigenvalue weighted by Gasteiger charge is -2.13. The third-order valence-electron chi connectivity index (χ3n) is 2.18.